The monoisotopic (exact) mass is 291 g/mol. The van der Waals surface area contributed by atoms with Crippen LogP contribution >= 0.6 is 0 Å². The minimum Gasteiger partial charge on any atom is -0.447 e. The Morgan fingerprint density at radius 3 is 2.50 bits per heavy atom. The van der Waals surface area contributed by atoms with Crippen molar-refractivity contribution in [3.05, 3.63) is 30.3 Å². The molecule has 1 aliphatic heterocycles. The molecule has 2 rings (SSSR count). The van der Waals surface area contributed by atoms with Crippen molar-refractivity contribution in [2.75, 3.05) is 18.2 Å². The second-order valence-electron chi connectivity index (χ2n) is 5.68. The maximum Gasteiger partial charge on any atom is 0.450 e. The summed E-state index contributed by atoms with van der Waals surface area (Å²) in [5.74, 6) is 0. The Labute approximate surface area is 120 Å². The first-order valence-electron chi connectivity index (χ1n) is 6.81. The number of rotatable bonds is 3. The van der Waals surface area contributed by atoms with Gasteiger partial charge in [-0.3, -0.25) is 5.01 Å². The average molecular weight is 291 g/mol. The van der Waals surface area contributed by atoms with E-state index in [1.165, 1.54) is 5.12 Å². The van der Waals surface area contributed by atoms with E-state index in [0.717, 1.165) is 11.0 Å². The second kappa shape index (κ2) is 5.66. The van der Waals surface area contributed by atoms with Gasteiger partial charge in [-0.2, -0.15) is 5.10 Å². The van der Waals surface area contributed by atoms with Crippen molar-refractivity contribution >= 4 is 25.2 Å². The Kier molecular flexibility index (Phi) is 4.13. The van der Waals surface area contributed by atoms with E-state index in [0.29, 0.717) is 13.2 Å². The molecule has 1 heterocycles. The van der Waals surface area contributed by atoms with Crippen LogP contribution in [0.2, 0.25) is 19.6 Å². The van der Waals surface area contributed by atoms with E-state index in [9.17, 15) is 4.79 Å². The highest BCUT2D eigenvalue weighted by Gasteiger charge is 2.36. The van der Waals surface area contributed by atoms with E-state index in [-0.39, 0.29) is 0 Å². The zero-order valence-corrected chi connectivity index (χ0v) is 13.5. The van der Waals surface area contributed by atoms with Crippen LogP contribution in [0.25, 0.3) is 0 Å². The lowest BCUT2D eigenvalue weighted by Gasteiger charge is -2.26. The third-order valence-corrected chi connectivity index (χ3v) is 5.08. The van der Waals surface area contributed by atoms with Gasteiger partial charge in [0.05, 0.1) is 18.8 Å². The molecule has 6 heteroatoms. The molecule has 0 saturated heterocycles. The molecule has 108 valence electrons. The zero-order chi connectivity index (χ0) is 14.8. The van der Waals surface area contributed by atoms with Crippen molar-refractivity contribution in [2.45, 2.75) is 26.6 Å². The van der Waals surface area contributed by atoms with Crippen molar-refractivity contribution in [3.8, 4) is 0 Å². The van der Waals surface area contributed by atoms with Crippen molar-refractivity contribution in [2.24, 2.45) is 5.10 Å². The fourth-order valence-corrected chi connectivity index (χ4v) is 2.94. The molecule has 0 unspecified atom stereocenters. The molecule has 0 atom stereocenters. The molecule has 0 spiro atoms. The summed E-state index contributed by atoms with van der Waals surface area (Å²) in [6.45, 7) is 9.47. The summed E-state index contributed by atoms with van der Waals surface area (Å²) in [5, 5.41) is 8.81. The number of nitrogens with zero attached hydrogens (tertiary/aromatic N) is 3. The summed E-state index contributed by atoms with van der Waals surface area (Å²) in [6, 6.07) is 9.79. The third-order valence-electron chi connectivity index (χ3n) is 3.09. The summed E-state index contributed by atoms with van der Waals surface area (Å²) in [6.07, 6.45) is -0.426. The first-order chi connectivity index (χ1) is 9.43. The number of benzene rings is 1. The summed E-state index contributed by atoms with van der Waals surface area (Å²) in [4.78, 5) is 12.1. The molecule has 1 aromatic carbocycles. The standard InChI is InChI=1S/C14H21N3O2Si/c1-5-19-14(18)17-15-13(20(2,3)4)11-16(17)12-9-7-6-8-10-12/h6-10H,5,11H2,1-4H3. The third kappa shape index (κ3) is 3.01. The van der Waals surface area contributed by atoms with Crippen LogP contribution < -0.4 is 5.01 Å². The van der Waals surface area contributed by atoms with Gasteiger partial charge in [0, 0.05) is 5.33 Å². The number of carbonyl (C=O) groups is 1. The molecule has 1 aromatic rings. The normalized spacial score (nSPS) is 15.3. The van der Waals surface area contributed by atoms with Gasteiger partial charge >= 0.3 is 6.09 Å². The smallest absolute Gasteiger partial charge is 0.447 e. The summed E-state index contributed by atoms with van der Waals surface area (Å²) >= 11 is 0. The van der Waals surface area contributed by atoms with Crippen molar-refractivity contribution in [3.63, 3.8) is 0 Å². The van der Waals surface area contributed by atoms with Crippen molar-refractivity contribution in [1.82, 2.24) is 5.12 Å². The topological polar surface area (TPSA) is 45.1 Å². The Morgan fingerprint density at radius 1 is 1.30 bits per heavy atom. The fraction of sp³-hybridized carbons (Fsp3) is 0.429. The number of amides is 1. The molecule has 5 nitrogen and oxygen atoms in total. The van der Waals surface area contributed by atoms with E-state index in [2.05, 4.69) is 24.7 Å². The maximum atomic E-state index is 12.1. The van der Waals surface area contributed by atoms with Gasteiger partial charge in [0.25, 0.3) is 0 Å². The van der Waals surface area contributed by atoms with Crippen LogP contribution in [0, 0.1) is 0 Å². The van der Waals surface area contributed by atoms with E-state index < -0.39 is 14.2 Å². The Balaban J connectivity index is 2.30. The van der Waals surface area contributed by atoms with Crippen LogP contribution in [-0.4, -0.2) is 37.8 Å². The molecule has 0 aliphatic carbocycles. The minimum atomic E-state index is -1.55. The molecule has 1 amide bonds. The number of anilines is 1. The first-order valence-corrected chi connectivity index (χ1v) is 10.3. The molecule has 0 bridgehead atoms. The highest BCUT2D eigenvalue weighted by Crippen LogP contribution is 2.24. The van der Waals surface area contributed by atoms with Gasteiger partial charge < -0.3 is 4.74 Å². The van der Waals surface area contributed by atoms with Crippen LogP contribution in [0.4, 0.5) is 10.5 Å². The van der Waals surface area contributed by atoms with Gasteiger partial charge in [-0.1, -0.05) is 43.0 Å². The summed E-state index contributed by atoms with van der Waals surface area (Å²) < 4.78 is 5.09. The Morgan fingerprint density at radius 2 is 1.95 bits per heavy atom. The number of ether oxygens (including phenoxy) is 1. The van der Waals surface area contributed by atoms with Crippen molar-refractivity contribution < 1.29 is 9.53 Å². The van der Waals surface area contributed by atoms with E-state index >= 15 is 0 Å². The molecule has 0 saturated carbocycles. The van der Waals surface area contributed by atoms with Gasteiger partial charge in [0.2, 0.25) is 0 Å². The van der Waals surface area contributed by atoms with Gasteiger partial charge in [-0.05, 0) is 19.1 Å². The number of para-hydroxylation sites is 1. The highest BCUT2D eigenvalue weighted by molar-refractivity contribution is 7.04. The largest absolute Gasteiger partial charge is 0.450 e. The van der Waals surface area contributed by atoms with Gasteiger partial charge in [-0.25, -0.2) is 4.79 Å². The Hall–Kier alpha value is -1.82. The molecular weight excluding hydrogens is 270 g/mol. The number of hydrogen-bond donors (Lipinski definition) is 0. The van der Waals surface area contributed by atoms with E-state index in [1.807, 2.05) is 35.3 Å². The zero-order valence-electron chi connectivity index (χ0n) is 12.5. The number of hydrazone groups is 1. The molecule has 1 aliphatic rings. The molecule has 0 fully saturated rings. The lowest BCUT2D eigenvalue weighted by molar-refractivity contribution is 0.108. The number of hydrogen-bond acceptors (Lipinski definition) is 4. The predicted octanol–water partition coefficient (Wildman–Crippen LogP) is 3.11. The van der Waals surface area contributed by atoms with Crippen molar-refractivity contribution in [1.29, 1.82) is 0 Å². The predicted molar refractivity (Wildman–Crippen MR) is 83.4 cm³/mol. The number of carbonyl (C=O) groups excluding carboxylic acids is 1. The van der Waals surface area contributed by atoms with Crippen LogP contribution in [0.5, 0.6) is 0 Å². The van der Waals surface area contributed by atoms with Crippen LogP contribution in [-0.2, 0) is 4.74 Å². The van der Waals surface area contributed by atoms with Gasteiger partial charge in [0.15, 0.2) is 0 Å². The van der Waals surface area contributed by atoms with Crippen LogP contribution in [0.15, 0.2) is 35.4 Å². The first kappa shape index (κ1) is 14.6. The van der Waals surface area contributed by atoms with Crippen LogP contribution in [0.1, 0.15) is 6.92 Å². The SMILES string of the molecule is CCOC(=O)N1N=C([Si](C)(C)C)CN1c1ccccc1. The molecular formula is C14H21N3O2Si. The Bertz CT molecular complexity index is 511. The highest BCUT2D eigenvalue weighted by atomic mass is 28.3. The lowest BCUT2D eigenvalue weighted by Crippen LogP contribution is -2.42. The summed E-state index contributed by atoms with van der Waals surface area (Å²) in [7, 11) is -1.55. The second-order valence-corrected chi connectivity index (χ2v) is 10.8. The van der Waals surface area contributed by atoms with E-state index in [1.54, 1.807) is 6.92 Å². The average Bonchev–Trinajstić information content (AvgIpc) is 2.85. The summed E-state index contributed by atoms with van der Waals surface area (Å²) in [5.41, 5.74) is 0.942. The minimum absolute atomic E-state index is 0.343. The lowest BCUT2D eigenvalue weighted by atomic mass is 10.3. The van der Waals surface area contributed by atoms with Gasteiger partial charge in [0.1, 0.15) is 8.07 Å². The van der Waals surface area contributed by atoms with Crippen LogP contribution in [0.3, 0.4) is 0 Å². The van der Waals surface area contributed by atoms with Gasteiger partial charge in [-0.15, -0.1) is 0 Å². The quantitative estimate of drug-likeness (QED) is 0.804. The molecule has 0 N–H and O–H groups in total. The van der Waals surface area contributed by atoms with E-state index in [4.69, 9.17) is 4.74 Å². The molecule has 0 aromatic heterocycles. The maximum absolute atomic E-state index is 12.1. The molecule has 0 radical (unpaired) electrons. The number of hydrazine groups is 1. The molecule has 20 heavy (non-hydrogen) atoms. The fourth-order valence-electron chi connectivity index (χ4n) is 1.92.